The summed E-state index contributed by atoms with van der Waals surface area (Å²) in [7, 11) is 0. The van der Waals surface area contributed by atoms with Crippen LogP contribution in [-0.2, 0) is 0 Å². The summed E-state index contributed by atoms with van der Waals surface area (Å²) in [5.74, 6) is 0.427. The van der Waals surface area contributed by atoms with E-state index in [0.29, 0.717) is 11.5 Å². The SMILES string of the molecule is C[C@H]1C=Nc2nc(N)[nH]c(=O)c2N1. The second-order valence-corrected chi connectivity index (χ2v) is 2.86. The van der Waals surface area contributed by atoms with E-state index in [1.165, 1.54) is 0 Å². The fraction of sp³-hybridized carbons (Fsp3) is 0.286. The van der Waals surface area contributed by atoms with Gasteiger partial charge < -0.3 is 11.1 Å². The third-order valence-electron chi connectivity index (χ3n) is 1.71. The number of fused-ring (bicyclic) bond motifs is 1. The van der Waals surface area contributed by atoms with Crippen molar-refractivity contribution in [1.82, 2.24) is 9.97 Å². The largest absolute Gasteiger partial charge is 0.370 e. The molecule has 0 radical (unpaired) electrons. The number of aromatic amines is 1. The molecule has 0 unspecified atom stereocenters. The lowest BCUT2D eigenvalue weighted by molar-refractivity contribution is 1.01. The van der Waals surface area contributed by atoms with Gasteiger partial charge in [-0.25, -0.2) is 4.99 Å². The zero-order chi connectivity index (χ0) is 9.42. The van der Waals surface area contributed by atoms with Crippen LogP contribution in [0.3, 0.4) is 0 Å². The Labute approximate surface area is 73.9 Å². The number of anilines is 2. The van der Waals surface area contributed by atoms with Gasteiger partial charge in [-0.1, -0.05) is 0 Å². The van der Waals surface area contributed by atoms with Crippen LogP contribution in [0.4, 0.5) is 17.5 Å². The lowest BCUT2D eigenvalue weighted by atomic mass is 10.3. The summed E-state index contributed by atoms with van der Waals surface area (Å²) in [6, 6.07) is 0.0408. The van der Waals surface area contributed by atoms with E-state index in [0.717, 1.165) is 0 Å². The summed E-state index contributed by atoms with van der Waals surface area (Å²) in [4.78, 5) is 21.6. The van der Waals surface area contributed by atoms with Crippen molar-refractivity contribution in [2.45, 2.75) is 13.0 Å². The van der Waals surface area contributed by atoms with Gasteiger partial charge in [-0.15, -0.1) is 0 Å². The minimum absolute atomic E-state index is 0.0408. The predicted molar refractivity (Wildman–Crippen MR) is 50.5 cm³/mol. The molecule has 6 heteroatoms. The van der Waals surface area contributed by atoms with E-state index in [-0.39, 0.29) is 17.5 Å². The minimum Gasteiger partial charge on any atom is -0.370 e. The van der Waals surface area contributed by atoms with Gasteiger partial charge >= 0.3 is 0 Å². The first-order chi connectivity index (χ1) is 6.16. The first-order valence-corrected chi connectivity index (χ1v) is 3.87. The molecule has 0 saturated carbocycles. The molecule has 0 fully saturated rings. The van der Waals surface area contributed by atoms with E-state index in [4.69, 9.17) is 5.73 Å². The van der Waals surface area contributed by atoms with E-state index >= 15 is 0 Å². The minimum atomic E-state index is -0.286. The number of nitrogen functional groups attached to an aromatic ring is 1. The van der Waals surface area contributed by atoms with Crippen LogP contribution < -0.4 is 16.6 Å². The van der Waals surface area contributed by atoms with Crippen LogP contribution in [0.5, 0.6) is 0 Å². The Morgan fingerprint density at radius 1 is 1.62 bits per heavy atom. The molecule has 0 aromatic carbocycles. The zero-order valence-electron chi connectivity index (χ0n) is 7.03. The Hall–Kier alpha value is -1.85. The molecule has 2 rings (SSSR count). The number of nitrogens with zero attached hydrogens (tertiary/aromatic N) is 2. The average Bonchev–Trinajstić information content (AvgIpc) is 2.06. The number of H-pyrrole nitrogens is 1. The molecule has 1 aromatic rings. The first-order valence-electron chi connectivity index (χ1n) is 3.87. The van der Waals surface area contributed by atoms with Crippen LogP contribution in [0.2, 0.25) is 0 Å². The Balaban J connectivity index is 2.63. The third-order valence-corrected chi connectivity index (χ3v) is 1.71. The van der Waals surface area contributed by atoms with E-state index in [1.54, 1.807) is 6.21 Å². The predicted octanol–water partition coefficient (Wildman–Crippen LogP) is -0.132. The van der Waals surface area contributed by atoms with Gasteiger partial charge in [-0.3, -0.25) is 9.78 Å². The van der Waals surface area contributed by atoms with Crippen molar-refractivity contribution < 1.29 is 0 Å². The Morgan fingerprint density at radius 3 is 3.15 bits per heavy atom. The molecule has 0 aliphatic carbocycles. The molecule has 4 N–H and O–H groups in total. The highest BCUT2D eigenvalue weighted by molar-refractivity contribution is 5.80. The van der Waals surface area contributed by atoms with E-state index in [1.807, 2.05) is 6.92 Å². The second kappa shape index (κ2) is 2.58. The van der Waals surface area contributed by atoms with E-state index < -0.39 is 0 Å². The van der Waals surface area contributed by atoms with Gasteiger partial charge in [0.05, 0.1) is 6.04 Å². The highest BCUT2D eigenvalue weighted by atomic mass is 16.1. The molecule has 1 aliphatic heterocycles. The highest BCUT2D eigenvalue weighted by Gasteiger charge is 2.15. The number of rotatable bonds is 0. The van der Waals surface area contributed by atoms with E-state index in [2.05, 4.69) is 20.3 Å². The average molecular weight is 179 g/mol. The highest BCUT2D eigenvalue weighted by Crippen LogP contribution is 2.21. The molecule has 1 aliphatic rings. The quantitative estimate of drug-likeness (QED) is 0.516. The van der Waals surface area contributed by atoms with Gasteiger partial charge in [-0.2, -0.15) is 4.98 Å². The van der Waals surface area contributed by atoms with Crippen molar-refractivity contribution in [2.24, 2.45) is 4.99 Å². The fourth-order valence-electron chi connectivity index (χ4n) is 1.15. The summed E-state index contributed by atoms with van der Waals surface area (Å²) < 4.78 is 0. The summed E-state index contributed by atoms with van der Waals surface area (Å²) in [6.07, 6.45) is 1.67. The lowest BCUT2D eigenvalue weighted by Crippen LogP contribution is -2.26. The van der Waals surface area contributed by atoms with Crippen molar-refractivity contribution >= 4 is 23.7 Å². The number of nitrogens with one attached hydrogen (secondary N) is 2. The standard InChI is InChI=1S/C7H9N5O/c1-3-2-9-5-4(10-3)6(13)12-7(8)11-5/h2-3,10H,1H3,(H3,8,11,12,13)/t3-/m0/s1. The van der Waals surface area contributed by atoms with Gasteiger partial charge in [0.2, 0.25) is 5.95 Å². The smallest absolute Gasteiger partial charge is 0.277 e. The van der Waals surface area contributed by atoms with Crippen molar-refractivity contribution in [2.75, 3.05) is 11.1 Å². The molecule has 1 aromatic heterocycles. The Morgan fingerprint density at radius 2 is 2.38 bits per heavy atom. The van der Waals surface area contributed by atoms with Crippen LogP contribution in [0.25, 0.3) is 0 Å². The Kier molecular flexibility index (Phi) is 1.54. The normalized spacial score (nSPS) is 19.3. The maximum Gasteiger partial charge on any atom is 0.277 e. The van der Waals surface area contributed by atoms with Crippen LogP contribution in [0.15, 0.2) is 9.79 Å². The molecule has 2 heterocycles. The third kappa shape index (κ3) is 1.26. The van der Waals surface area contributed by atoms with Crippen LogP contribution in [0, 0.1) is 0 Å². The number of aliphatic imine (C=N–C) groups is 1. The van der Waals surface area contributed by atoms with Gasteiger partial charge in [0.25, 0.3) is 5.56 Å². The van der Waals surface area contributed by atoms with Crippen LogP contribution in [0.1, 0.15) is 6.92 Å². The summed E-state index contributed by atoms with van der Waals surface area (Å²) in [6.45, 7) is 1.89. The fourth-order valence-corrected chi connectivity index (χ4v) is 1.15. The monoisotopic (exact) mass is 179 g/mol. The molecule has 0 amide bonds. The number of aromatic nitrogens is 2. The van der Waals surface area contributed by atoms with Gasteiger partial charge in [-0.05, 0) is 6.92 Å². The van der Waals surface area contributed by atoms with Crippen molar-refractivity contribution in [3.05, 3.63) is 10.4 Å². The second-order valence-electron chi connectivity index (χ2n) is 2.86. The summed E-state index contributed by atoms with van der Waals surface area (Å²) >= 11 is 0. The molecule has 68 valence electrons. The topological polar surface area (TPSA) is 96.2 Å². The molecule has 6 nitrogen and oxygen atoms in total. The number of nitrogens with two attached hydrogens (primary N) is 1. The molecule has 0 spiro atoms. The maximum atomic E-state index is 11.3. The van der Waals surface area contributed by atoms with Gasteiger partial charge in [0.1, 0.15) is 5.69 Å². The number of hydrogen-bond acceptors (Lipinski definition) is 5. The van der Waals surface area contributed by atoms with E-state index in [9.17, 15) is 4.79 Å². The van der Waals surface area contributed by atoms with Crippen molar-refractivity contribution in [3.8, 4) is 0 Å². The first kappa shape index (κ1) is 7.78. The van der Waals surface area contributed by atoms with Crippen LogP contribution in [-0.4, -0.2) is 22.2 Å². The van der Waals surface area contributed by atoms with Crippen molar-refractivity contribution in [3.63, 3.8) is 0 Å². The lowest BCUT2D eigenvalue weighted by Gasteiger charge is -2.15. The van der Waals surface area contributed by atoms with Crippen LogP contribution >= 0.6 is 0 Å². The summed E-state index contributed by atoms with van der Waals surface area (Å²) in [5.41, 5.74) is 5.44. The molecule has 0 saturated heterocycles. The maximum absolute atomic E-state index is 11.3. The molecular weight excluding hydrogens is 170 g/mol. The molecule has 13 heavy (non-hydrogen) atoms. The molecular formula is C7H9N5O. The summed E-state index contributed by atoms with van der Waals surface area (Å²) in [5, 5.41) is 2.94. The van der Waals surface area contributed by atoms with Gasteiger partial charge in [0.15, 0.2) is 5.82 Å². The number of hydrogen-bond donors (Lipinski definition) is 3. The van der Waals surface area contributed by atoms with Crippen molar-refractivity contribution in [1.29, 1.82) is 0 Å². The van der Waals surface area contributed by atoms with Gasteiger partial charge in [0, 0.05) is 6.21 Å². The molecule has 0 bridgehead atoms. The zero-order valence-corrected chi connectivity index (χ0v) is 7.03. The molecule has 1 atom stereocenters. The Bertz CT molecular complexity index is 421.